The molecule has 6 nitrogen and oxygen atoms in total. The quantitative estimate of drug-likeness (QED) is 0.593. The van der Waals surface area contributed by atoms with Crippen LogP contribution in [0.1, 0.15) is 0 Å². The Kier molecular flexibility index (Phi) is 2.79. The molecule has 0 aliphatic carbocycles. The highest BCUT2D eigenvalue weighted by atomic mass is 16.1. The molecule has 2 aromatic heterocycles. The van der Waals surface area contributed by atoms with Crippen molar-refractivity contribution in [3.05, 3.63) is 65.2 Å². The molecule has 22 heavy (non-hydrogen) atoms. The molecule has 0 radical (unpaired) electrons. The SMILES string of the molecule is O=c1[nH]nc2ccccc2c1-c1ccccc1-c1ncn[nH]1. The summed E-state index contributed by atoms with van der Waals surface area (Å²) in [5, 5.41) is 14.2. The number of H-pyrrole nitrogens is 2. The van der Waals surface area contributed by atoms with Crippen molar-refractivity contribution < 1.29 is 0 Å². The van der Waals surface area contributed by atoms with Crippen LogP contribution in [0.3, 0.4) is 0 Å². The van der Waals surface area contributed by atoms with Gasteiger partial charge in [-0.15, -0.1) is 0 Å². The molecule has 2 heterocycles. The third-order valence-corrected chi connectivity index (χ3v) is 3.54. The number of para-hydroxylation sites is 1. The molecule has 0 atom stereocenters. The van der Waals surface area contributed by atoms with Crippen molar-refractivity contribution in [3.63, 3.8) is 0 Å². The average Bonchev–Trinajstić information content (AvgIpc) is 3.09. The topological polar surface area (TPSA) is 87.3 Å². The van der Waals surface area contributed by atoms with Gasteiger partial charge in [-0.05, 0) is 11.6 Å². The van der Waals surface area contributed by atoms with Crippen LogP contribution in [0.2, 0.25) is 0 Å². The van der Waals surface area contributed by atoms with Gasteiger partial charge in [-0.2, -0.15) is 10.2 Å². The first kappa shape index (κ1) is 12.5. The molecule has 2 N–H and O–H groups in total. The number of nitrogens with one attached hydrogen (secondary N) is 2. The Balaban J connectivity index is 2.09. The summed E-state index contributed by atoms with van der Waals surface area (Å²) in [7, 11) is 0. The summed E-state index contributed by atoms with van der Waals surface area (Å²) in [6.07, 6.45) is 1.45. The van der Waals surface area contributed by atoms with E-state index >= 15 is 0 Å². The van der Waals surface area contributed by atoms with Gasteiger partial charge in [-0.3, -0.25) is 9.89 Å². The first-order valence-electron chi connectivity index (χ1n) is 6.77. The summed E-state index contributed by atoms with van der Waals surface area (Å²) in [4.78, 5) is 16.6. The van der Waals surface area contributed by atoms with Crippen LogP contribution in [-0.2, 0) is 0 Å². The second-order valence-electron chi connectivity index (χ2n) is 4.82. The summed E-state index contributed by atoms with van der Waals surface area (Å²) in [6.45, 7) is 0. The summed E-state index contributed by atoms with van der Waals surface area (Å²) in [6, 6.07) is 15.1. The van der Waals surface area contributed by atoms with Crippen LogP contribution in [0.25, 0.3) is 33.4 Å². The van der Waals surface area contributed by atoms with E-state index in [9.17, 15) is 4.79 Å². The van der Waals surface area contributed by atoms with Crippen molar-refractivity contribution in [1.29, 1.82) is 0 Å². The van der Waals surface area contributed by atoms with Gasteiger partial charge >= 0.3 is 0 Å². The van der Waals surface area contributed by atoms with Gasteiger partial charge in [0.05, 0.1) is 11.1 Å². The zero-order chi connectivity index (χ0) is 14.9. The van der Waals surface area contributed by atoms with Crippen LogP contribution in [0.4, 0.5) is 0 Å². The number of hydrogen-bond donors (Lipinski definition) is 2. The van der Waals surface area contributed by atoms with E-state index in [1.807, 2.05) is 48.5 Å². The fraction of sp³-hybridized carbons (Fsp3) is 0. The summed E-state index contributed by atoms with van der Waals surface area (Å²) < 4.78 is 0. The van der Waals surface area contributed by atoms with Crippen LogP contribution < -0.4 is 5.56 Å². The van der Waals surface area contributed by atoms with Gasteiger partial charge in [0.15, 0.2) is 5.82 Å². The molecule has 0 unspecified atom stereocenters. The highest BCUT2D eigenvalue weighted by Crippen LogP contribution is 2.31. The normalized spacial score (nSPS) is 10.9. The van der Waals surface area contributed by atoms with Gasteiger partial charge in [-0.25, -0.2) is 10.1 Å². The monoisotopic (exact) mass is 289 g/mol. The molecular weight excluding hydrogens is 278 g/mol. The van der Waals surface area contributed by atoms with Gasteiger partial charge in [-0.1, -0.05) is 42.5 Å². The Labute approximate surface area is 124 Å². The van der Waals surface area contributed by atoms with Crippen molar-refractivity contribution in [2.24, 2.45) is 0 Å². The zero-order valence-electron chi connectivity index (χ0n) is 11.4. The molecule has 4 rings (SSSR count). The van der Waals surface area contributed by atoms with E-state index in [2.05, 4.69) is 25.4 Å². The molecule has 0 aliphatic rings. The van der Waals surface area contributed by atoms with Crippen LogP contribution in [0, 0.1) is 0 Å². The van der Waals surface area contributed by atoms with Crippen LogP contribution >= 0.6 is 0 Å². The Morgan fingerprint density at radius 3 is 2.45 bits per heavy atom. The van der Waals surface area contributed by atoms with Crippen molar-refractivity contribution in [1.82, 2.24) is 25.4 Å². The number of aromatic amines is 2. The number of rotatable bonds is 2. The van der Waals surface area contributed by atoms with E-state index < -0.39 is 0 Å². The Morgan fingerprint density at radius 1 is 0.864 bits per heavy atom. The maximum atomic E-state index is 12.4. The molecule has 0 aliphatic heterocycles. The predicted octanol–water partition coefficient (Wildman–Crippen LogP) is 2.38. The van der Waals surface area contributed by atoms with Crippen LogP contribution in [-0.4, -0.2) is 25.4 Å². The fourth-order valence-corrected chi connectivity index (χ4v) is 2.58. The maximum Gasteiger partial charge on any atom is 0.272 e. The number of aromatic nitrogens is 5. The molecule has 0 saturated heterocycles. The van der Waals surface area contributed by atoms with Gasteiger partial charge in [0.1, 0.15) is 6.33 Å². The van der Waals surface area contributed by atoms with Crippen molar-refractivity contribution >= 4 is 10.9 Å². The standard InChI is InChI=1S/C16H11N5O/c22-16-14(12-7-3-4-8-13(12)19-21-16)10-5-1-2-6-11(10)15-17-9-18-20-15/h1-9H,(H,21,22)(H,17,18,20). The van der Waals surface area contributed by atoms with Gasteiger partial charge in [0.2, 0.25) is 0 Å². The number of fused-ring (bicyclic) bond motifs is 1. The van der Waals surface area contributed by atoms with E-state index in [-0.39, 0.29) is 5.56 Å². The Morgan fingerprint density at radius 2 is 1.64 bits per heavy atom. The second-order valence-corrected chi connectivity index (χ2v) is 4.82. The van der Waals surface area contributed by atoms with Gasteiger partial charge in [0.25, 0.3) is 5.56 Å². The van der Waals surface area contributed by atoms with E-state index in [1.165, 1.54) is 6.33 Å². The highest BCUT2D eigenvalue weighted by Gasteiger charge is 2.15. The first-order valence-corrected chi connectivity index (χ1v) is 6.77. The molecule has 106 valence electrons. The summed E-state index contributed by atoms with van der Waals surface area (Å²) in [5.74, 6) is 0.621. The number of benzene rings is 2. The fourth-order valence-electron chi connectivity index (χ4n) is 2.58. The molecule has 0 fully saturated rings. The minimum atomic E-state index is -0.231. The lowest BCUT2D eigenvalue weighted by molar-refractivity contribution is 1.03. The Bertz CT molecular complexity index is 1000. The molecule has 0 bridgehead atoms. The average molecular weight is 289 g/mol. The van der Waals surface area contributed by atoms with Crippen LogP contribution in [0.5, 0.6) is 0 Å². The summed E-state index contributed by atoms with van der Waals surface area (Å²) in [5.41, 5.74) is 2.70. The molecule has 4 aromatic rings. The summed E-state index contributed by atoms with van der Waals surface area (Å²) >= 11 is 0. The van der Waals surface area contributed by atoms with Crippen molar-refractivity contribution in [3.8, 4) is 22.5 Å². The van der Waals surface area contributed by atoms with Crippen molar-refractivity contribution in [2.45, 2.75) is 0 Å². The minimum absolute atomic E-state index is 0.231. The second kappa shape index (κ2) is 4.92. The highest BCUT2D eigenvalue weighted by molar-refractivity contribution is 5.97. The maximum absolute atomic E-state index is 12.4. The molecule has 6 heteroatoms. The first-order chi connectivity index (χ1) is 10.8. The number of hydrogen-bond acceptors (Lipinski definition) is 4. The molecule has 2 aromatic carbocycles. The van der Waals surface area contributed by atoms with E-state index in [1.54, 1.807) is 0 Å². The third kappa shape index (κ3) is 1.89. The van der Waals surface area contributed by atoms with Gasteiger partial charge < -0.3 is 0 Å². The lowest BCUT2D eigenvalue weighted by Crippen LogP contribution is -2.12. The lowest BCUT2D eigenvalue weighted by Gasteiger charge is -2.09. The number of nitrogens with zero attached hydrogens (tertiary/aromatic N) is 3. The molecular formula is C16H11N5O. The van der Waals surface area contributed by atoms with E-state index in [0.717, 1.165) is 22.0 Å². The Hall–Kier alpha value is -3.28. The van der Waals surface area contributed by atoms with Crippen molar-refractivity contribution in [2.75, 3.05) is 0 Å². The van der Waals surface area contributed by atoms with Crippen LogP contribution in [0.15, 0.2) is 59.7 Å². The zero-order valence-corrected chi connectivity index (χ0v) is 11.4. The predicted molar refractivity (Wildman–Crippen MR) is 83.2 cm³/mol. The molecule has 0 amide bonds. The largest absolute Gasteiger partial charge is 0.272 e. The lowest BCUT2D eigenvalue weighted by atomic mass is 9.97. The van der Waals surface area contributed by atoms with Gasteiger partial charge in [0, 0.05) is 10.9 Å². The smallest absolute Gasteiger partial charge is 0.267 e. The third-order valence-electron chi connectivity index (χ3n) is 3.54. The minimum Gasteiger partial charge on any atom is -0.267 e. The van der Waals surface area contributed by atoms with E-state index in [0.29, 0.717) is 11.4 Å². The molecule has 0 saturated carbocycles. The van der Waals surface area contributed by atoms with E-state index in [4.69, 9.17) is 0 Å². The molecule has 0 spiro atoms.